The molecule has 1 N–H and O–H groups in total. The van der Waals surface area contributed by atoms with Crippen molar-refractivity contribution in [2.24, 2.45) is 0 Å². The van der Waals surface area contributed by atoms with Crippen molar-refractivity contribution in [1.29, 1.82) is 0 Å². The quantitative estimate of drug-likeness (QED) is 0.870. The fraction of sp³-hybridized carbons (Fsp3) is 0.0769. The van der Waals surface area contributed by atoms with Crippen LogP contribution in [0.4, 0.5) is 10.1 Å². The molecule has 0 aliphatic heterocycles. The molecular weight excluding hydrogens is 333 g/mol. The van der Waals surface area contributed by atoms with Gasteiger partial charge in [0.2, 0.25) is 0 Å². The summed E-state index contributed by atoms with van der Waals surface area (Å²) in [7, 11) is 1.21. The second-order valence-corrected chi connectivity index (χ2v) is 4.47. The van der Waals surface area contributed by atoms with Gasteiger partial charge in [-0.2, -0.15) is 0 Å². The third kappa shape index (κ3) is 2.88. The molecule has 20 heavy (non-hydrogen) atoms. The van der Waals surface area contributed by atoms with Gasteiger partial charge in [0.05, 0.1) is 30.2 Å². The number of hydrogen-bond donors (Lipinski definition) is 1. The molecule has 2 rings (SSSR count). The Labute approximate surface area is 121 Å². The third-order valence-electron chi connectivity index (χ3n) is 2.50. The summed E-state index contributed by atoms with van der Waals surface area (Å²) >= 11 is 3.05. The van der Waals surface area contributed by atoms with Gasteiger partial charge in [-0.15, -0.1) is 0 Å². The Balaban J connectivity index is 2.27. The number of esters is 1. The summed E-state index contributed by atoms with van der Waals surface area (Å²) in [4.78, 5) is 23.3. The van der Waals surface area contributed by atoms with Crippen LogP contribution in [-0.2, 0) is 4.74 Å². The highest BCUT2D eigenvalue weighted by molar-refractivity contribution is 9.10. The molecule has 7 heteroatoms. The van der Waals surface area contributed by atoms with Crippen LogP contribution < -0.4 is 5.32 Å². The summed E-state index contributed by atoms with van der Waals surface area (Å²) < 4.78 is 23.3. The van der Waals surface area contributed by atoms with Gasteiger partial charge in [0.15, 0.2) is 4.67 Å². The molecule has 0 unspecified atom stereocenters. The Morgan fingerprint density at radius 3 is 2.70 bits per heavy atom. The molecule has 0 aliphatic rings. The highest BCUT2D eigenvalue weighted by Crippen LogP contribution is 2.21. The Hall–Kier alpha value is -2.15. The molecule has 0 radical (unpaired) electrons. The summed E-state index contributed by atoms with van der Waals surface area (Å²) in [6.07, 6.45) is 1.32. The fourth-order valence-corrected chi connectivity index (χ4v) is 1.93. The molecular formula is C13H9BrFNO4. The molecule has 0 aliphatic carbocycles. The minimum Gasteiger partial charge on any atom is -0.465 e. The van der Waals surface area contributed by atoms with E-state index in [9.17, 15) is 14.0 Å². The lowest BCUT2D eigenvalue weighted by Gasteiger charge is -2.07. The normalized spacial score (nSPS) is 10.2. The van der Waals surface area contributed by atoms with Crippen molar-refractivity contribution in [3.8, 4) is 0 Å². The molecule has 0 bridgehead atoms. The van der Waals surface area contributed by atoms with Gasteiger partial charge in [0.25, 0.3) is 5.91 Å². The Kier molecular flexibility index (Phi) is 4.19. The van der Waals surface area contributed by atoms with E-state index in [4.69, 9.17) is 4.42 Å². The number of nitrogens with one attached hydrogen (secondary N) is 1. The molecule has 0 spiro atoms. The van der Waals surface area contributed by atoms with Crippen molar-refractivity contribution in [3.63, 3.8) is 0 Å². The first kappa shape index (κ1) is 14.3. The molecule has 1 aromatic carbocycles. The van der Waals surface area contributed by atoms with Crippen LogP contribution in [0, 0.1) is 5.82 Å². The summed E-state index contributed by atoms with van der Waals surface area (Å²) in [6.45, 7) is 0. The van der Waals surface area contributed by atoms with Gasteiger partial charge in [-0.1, -0.05) is 0 Å². The predicted molar refractivity (Wildman–Crippen MR) is 72.1 cm³/mol. The van der Waals surface area contributed by atoms with E-state index in [-0.39, 0.29) is 21.5 Å². The van der Waals surface area contributed by atoms with Crippen LogP contribution in [0.5, 0.6) is 0 Å². The van der Waals surface area contributed by atoms with Crippen molar-refractivity contribution in [2.45, 2.75) is 0 Å². The van der Waals surface area contributed by atoms with Gasteiger partial charge in [-0.3, -0.25) is 4.79 Å². The van der Waals surface area contributed by atoms with Crippen LogP contribution >= 0.6 is 15.9 Å². The van der Waals surface area contributed by atoms with Crippen LogP contribution in [0.25, 0.3) is 0 Å². The van der Waals surface area contributed by atoms with Crippen molar-refractivity contribution >= 4 is 33.5 Å². The highest BCUT2D eigenvalue weighted by Gasteiger charge is 2.16. The van der Waals surface area contributed by atoms with E-state index in [1.54, 1.807) is 0 Å². The first-order chi connectivity index (χ1) is 9.52. The van der Waals surface area contributed by atoms with Gasteiger partial charge in [0, 0.05) is 0 Å². The zero-order valence-corrected chi connectivity index (χ0v) is 11.9. The average Bonchev–Trinajstić information content (AvgIpc) is 2.86. The largest absolute Gasteiger partial charge is 0.465 e. The maximum absolute atomic E-state index is 13.6. The van der Waals surface area contributed by atoms with E-state index in [2.05, 4.69) is 26.0 Å². The molecule has 1 aromatic heterocycles. The second-order valence-electron chi connectivity index (χ2n) is 3.75. The molecule has 0 atom stereocenters. The zero-order valence-electron chi connectivity index (χ0n) is 10.3. The summed E-state index contributed by atoms with van der Waals surface area (Å²) in [5.41, 5.74) is 0.231. The van der Waals surface area contributed by atoms with Crippen LogP contribution in [-0.4, -0.2) is 19.0 Å². The van der Waals surface area contributed by atoms with Crippen molar-refractivity contribution in [3.05, 3.63) is 52.1 Å². The van der Waals surface area contributed by atoms with E-state index < -0.39 is 17.7 Å². The highest BCUT2D eigenvalue weighted by atomic mass is 79.9. The lowest BCUT2D eigenvalue weighted by molar-refractivity contribution is 0.0600. The number of methoxy groups -OCH3 is 1. The monoisotopic (exact) mass is 341 g/mol. The zero-order chi connectivity index (χ0) is 14.7. The third-order valence-corrected chi connectivity index (χ3v) is 3.11. The first-order valence-corrected chi connectivity index (χ1v) is 6.24. The Morgan fingerprint density at radius 1 is 1.35 bits per heavy atom. The maximum atomic E-state index is 13.6. The summed E-state index contributed by atoms with van der Waals surface area (Å²) in [5.74, 6) is -1.85. The number of halogens is 2. The van der Waals surface area contributed by atoms with Crippen LogP contribution in [0.1, 0.15) is 20.7 Å². The van der Waals surface area contributed by atoms with Crippen LogP contribution in [0.2, 0.25) is 0 Å². The van der Waals surface area contributed by atoms with E-state index >= 15 is 0 Å². The molecule has 0 saturated heterocycles. The standard InChI is InChI=1S/C13H9BrFNO4/c1-19-13(18)7-2-3-9(15)10(6-7)16-12(17)8-4-5-20-11(8)14/h2-6H,1H3,(H,16,17). The van der Waals surface area contributed by atoms with Gasteiger partial charge in [-0.25, -0.2) is 9.18 Å². The number of carbonyl (C=O) groups excluding carboxylic acids is 2. The van der Waals surface area contributed by atoms with E-state index in [0.29, 0.717) is 0 Å². The van der Waals surface area contributed by atoms with Gasteiger partial charge in [0.1, 0.15) is 5.82 Å². The second kappa shape index (κ2) is 5.87. The molecule has 104 valence electrons. The number of anilines is 1. The minimum absolute atomic E-state index is 0.119. The van der Waals surface area contributed by atoms with Crippen molar-refractivity contribution in [1.82, 2.24) is 0 Å². The number of rotatable bonds is 3. The lowest BCUT2D eigenvalue weighted by Crippen LogP contribution is -2.13. The van der Waals surface area contributed by atoms with Gasteiger partial charge >= 0.3 is 5.97 Å². The SMILES string of the molecule is COC(=O)c1ccc(F)c(NC(=O)c2ccoc2Br)c1. The lowest BCUT2D eigenvalue weighted by atomic mass is 10.2. The summed E-state index contributed by atoms with van der Waals surface area (Å²) in [5, 5.41) is 2.36. The Morgan fingerprint density at radius 2 is 2.10 bits per heavy atom. The molecule has 0 saturated carbocycles. The number of hydrogen-bond acceptors (Lipinski definition) is 4. The van der Waals surface area contributed by atoms with Crippen LogP contribution in [0.15, 0.2) is 39.6 Å². The minimum atomic E-state index is -0.661. The predicted octanol–water partition coefficient (Wildman–Crippen LogP) is 3.22. The molecule has 2 aromatic rings. The number of amides is 1. The van der Waals surface area contributed by atoms with Crippen LogP contribution in [0.3, 0.4) is 0 Å². The molecule has 1 heterocycles. The topological polar surface area (TPSA) is 68.5 Å². The van der Waals surface area contributed by atoms with Gasteiger partial charge in [-0.05, 0) is 40.2 Å². The summed E-state index contributed by atoms with van der Waals surface area (Å²) in [6, 6.07) is 4.98. The first-order valence-electron chi connectivity index (χ1n) is 5.45. The maximum Gasteiger partial charge on any atom is 0.337 e. The number of furan rings is 1. The van der Waals surface area contributed by atoms with Gasteiger partial charge < -0.3 is 14.5 Å². The molecule has 0 fully saturated rings. The molecule has 1 amide bonds. The van der Waals surface area contributed by atoms with E-state index in [1.165, 1.54) is 31.6 Å². The smallest absolute Gasteiger partial charge is 0.337 e. The number of carbonyl (C=O) groups is 2. The fourth-order valence-electron chi connectivity index (χ4n) is 1.51. The number of benzene rings is 1. The van der Waals surface area contributed by atoms with E-state index in [1.807, 2.05) is 0 Å². The van der Waals surface area contributed by atoms with Crippen molar-refractivity contribution < 1.29 is 23.1 Å². The van der Waals surface area contributed by atoms with Crippen molar-refractivity contribution in [2.75, 3.05) is 12.4 Å². The average molecular weight is 342 g/mol. The number of ether oxygens (including phenoxy) is 1. The molecule has 5 nitrogen and oxygen atoms in total. The van der Waals surface area contributed by atoms with E-state index in [0.717, 1.165) is 6.07 Å². The Bertz CT molecular complexity index is 668.